The maximum Gasteiger partial charge on any atom is 0.254 e. The first-order chi connectivity index (χ1) is 12.8. The first-order valence-corrected chi connectivity index (χ1v) is 8.78. The lowest BCUT2D eigenvalue weighted by atomic mass is 10.1. The number of hydrogen-bond acceptors (Lipinski definition) is 7. The molecule has 4 rings (SSSR count). The van der Waals surface area contributed by atoms with Gasteiger partial charge in [0.15, 0.2) is 17.3 Å². The van der Waals surface area contributed by atoms with E-state index >= 15 is 0 Å². The molecule has 1 amide bonds. The van der Waals surface area contributed by atoms with E-state index in [4.69, 9.17) is 18.7 Å². The van der Waals surface area contributed by atoms with E-state index < -0.39 is 0 Å². The Kier molecular flexibility index (Phi) is 4.75. The molecule has 2 aromatic rings. The lowest BCUT2D eigenvalue weighted by Gasteiger charge is -2.23. The number of hydrogen-bond donors (Lipinski definition) is 0. The summed E-state index contributed by atoms with van der Waals surface area (Å²) < 4.78 is 21.5. The highest BCUT2D eigenvalue weighted by molar-refractivity contribution is 5.95. The van der Waals surface area contributed by atoms with E-state index in [1.165, 1.54) is 0 Å². The van der Waals surface area contributed by atoms with Crippen molar-refractivity contribution in [1.29, 1.82) is 0 Å². The Balaban J connectivity index is 1.52. The monoisotopic (exact) mass is 359 g/mol. The highest BCUT2D eigenvalue weighted by atomic mass is 16.6. The summed E-state index contributed by atoms with van der Waals surface area (Å²) in [4.78, 5) is 19.2. The number of nitrogens with zero attached hydrogens (tertiary/aromatic N) is 3. The Bertz CT molecular complexity index is 791. The molecule has 1 aromatic heterocycles. The molecule has 138 valence electrons. The summed E-state index contributed by atoms with van der Waals surface area (Å²) in [6, 6.07) is 5.09. The molecule has 2 aliphatic heterocycles. The molecule has 0 spiro atoms. The van der Waals surface area contributed by atoms with Crippen molar-refractivity contribution in [2.75, 3.05) is 33.5 Å². The number of carbonyl (C=O) groups is 1. The van der Waals surface area contributed by atoms with Crippen LogP contribution in [0.15, 0.2) is 22.7 Å². The Labute approximate surface area is 151 Å². The first-order valence-electron chi connectivity index (χ1n) is 8.78. The number of fused-ring (bicyclic) bond motifs is 1. The molecule has 1 fully saturated rings. The number of likely N-dealkylation sites (tertiary alicyclic amines) is 1. The minimum atomic E-state index is -0.195. The van der Waals surface area contributed by atoms with Crippen LogP contribution in [0.5, 0.6) is 11.5 Å². The molecule has 8 nitrogen and oxygen atoms in total. The van der Waals surface area contributed by atoms with Crippen LogP contribution in [0.2, 0.25) is 0 Å². The van der Waals surface area contributed by atoms with Crippen LogP contribution in [-0.4, -0.2) is 54.4 Å². The number of aromatic nitrogens is 2. The van der Waals surface area contributed by atoms with Crippen LogP contribution < -0.4 is 9.47 Å². The molecule has 2 aliphatic rings. The molecule has 1 saturated heterocycles. The van der Waals surface area contributed by atoms with Gasteiger partial charge in [0.1, 0.15) is 19.3 Å². The van der Waals surface area contributed by atoms with Gasteiger partial charge in [0.05, 0.1) is 6.61 Å². The van der Waals surface area contributed by atoms with Crippen molar-refractivity contribution < 1.29 is 23.5 Å². The second-order valence-electron chi connectivity index (χ2n) is 6.31. The van der Waals surface area contributed by atoms with Crippen molar-refractivity contribution in [2.45, 2.75) is 25.3 Å². The van der Waals surface area contributed by atoms with E-state index in [1.54, 1.807) is 30.2 Å². The fourth-order valence-electron chi connectivity index (χ4n) is 3.31. The van der Waals surface area contributed by atoms with Crippen molar-refractivity contribution in [1.82, 2.24) is 15.0 Å². The Morgan fingerprint density at radius 2 is 2.15 bits per heavy atom. The van der Waals surface area contributed by atoms with E-state index in [-0.39, 0.29) is 11.9 Å². The van der Waals surface area contributed by atoms with Crippen LogP contribution in [0.3, 0.4) is 0 Å². The Morgan fingerprint density at radius 3 is 3.00 bits per heavy atom. The lowest BCUT2D eigenvalue weighted by Crippen LogP contribution is -2.31. The van der Waals surface area contributed by atoms with Crippen LogP contribution in [-0.2, 0) is 11.2 Å². The molecular weight excluding hydrogens is 338 g/mol. The predicted octanol–water partition coefficient (Wildman–Crippen LogP) is 2.01. The molecule has 0 radical (unpaired) electrons. The van der Waals surface area contributed by atoms with Crippen LogP contribution >= 0.6 is 0 Å². The molecule has 0 unspecified atom stereocenters. The van der Waals surface area contributed by atoms with E-state index in [2.05, 4.69) is 10.1 Å². The van der Waals surface area contributed by atoms with Gasteiger partial charge in [-0.2, -0.15) is 4.98 Å². The molecule has 0 N–H and O–H groups in total. The van der Waals surface area contributed by atoms with Crippen LogP contribution in [0.4, 0.5) is 0 Å². The van der Waals surface area contributed by atoms with E-state index in [9.17, 15) is 4.79 Å². The van der Waals surface area contributed by atoms with Crippen LogP contribution in [0.1, 0.15) is 41.0 Å². The fourth-order valence-corrected chi connectivity index (χ4v) is 3.31. The molecule has 0 saturated carbocycles. The summed E-state index contributed by atoms with van der Waals surface area (Å²) in [6.45, 7) is 2.21. The first kappa shape index (κ1) is 16.8. The number of benzene rings is 1. The third-order valence-electron chi connectivity index (χ3n) is 4.60. The largest absolute Gasteiger partial charge is 0.486 e. The highest BCUT2D eigenvalue weighted by Gasteiger charge is 2.35. The third kappa shape index (κ3) is 3.24. The number of methoxy groups -OCH3 is 1. The van der Waals surface area contributed by atoms with E-state index in [0.29, 0.717) is 61.6 Å². The summed E-state index contributed by atoms with van der Waals surface area (Å²) in [5.41, 5.74) is 0.570. The van der Waals surface area contributed by atoms with Crippen molar-refractivity contribution in [3.63, 3.8) is 0 Å². The average molecular weight is 359 g/mol. The zero-order valence-corrected chi connectivity index (χ0v) is 14.6. The number of rotatable bonds is 5. The average Bonchev–Trinajstić information content (AvgIpc) is 3.34. The van der Waals surface area contributed by atoms with Crippen LogP contribution in [0.25, 0.3) is 0 Å². The van der Waals surface area contributed by atoms with Gasteiger partial charge < -0.3 is 23.6 Å². The minimum Gasteiger partial charge on any atom is -0.486 e. The summed E-state index contributed by atoms with van der Waals surface area (Å²) in [6.07, 6.45) is 2.29. The van der Waals surface area contributed by atoms with Gasteiger partial charge in [0.25, 0.3) is 5.91 Å². The summed E-state index contributed by atoms with van der Waals surface area (Å²) in [5.74, 6) is 2.30. The van der Waals surface area contributed by atoms with Gasteiger partial charge in [-0.15, -0.1) is 0 Å². The molecule has 1 aromatic carbocycles. The SMILES string of the molecule is COCCc1noc([C@@H]2CCCN2C(=O)c2ccc3c(c2)OCCO3)n1. The number of amides is 1. The molecular formula is C18H21N3O5. The van der Waals surface area contributed by atoms with Crippen molar-refractivity contribution in [3.8, 4) is 11.5 Å². The lowest BCUT2D eigenvalue weighted by molar-refractivity contribution is 0.0709. The molecule has 26 heavy (non-hydrogen) atoms. The van der Waals surface area contributed by atoms with Gasteiger partial charge in [0.2, 0.25) is 5.89 Å². The second kappa shape index (κ2) is 7.33. The van der Waals surface area contributed by atoms with Gasteiger partial charge in [-0.1, -0.05) is 5.16 Å². The van der Waals surface area contributed by atoms with Crippen molar-refractivity contribution in [3.05, 3.63) is 35.5 Å². The second-order valence-corrected chi connectivity index (χ2v) is 6.31. The summed E-state index contributed by atoms with van der Waals surface area (Å²) in [5, 5.41) is 3.98. The van der Waals surface area contributed by atoms with Crippen LogP contribution in [0, 0.1) is 0 Å². The number of carbonyl (C=O) groups excluding carboxylic acids is 1. The summed E-state index contributed by atoms with van der Waals surface area (Å²) >= 11 is 0. The minimum absolute atomic E-state index is 0.0684. The molecule has 3 heterocycles. The molecule has 1 atom stereocenters. The molecule has 8 heteroatoms. The Hall–Kier alpha value is -2.61. The Morgan fingerprint density at radius 1 is 1.31 bits per heavy atom. The zero-order valence-electron chi connectivity index (χ0n) is 14.6. The van der Waals surface area contributed by atoms with Crippen molar-refractivity contribution >= 4 is 5.91 Å². The smallest absolute Gasteiger partial charge is 0.254 e. The quantitative estimate of drug-likeness (QED) is 0.807. The molecule has 0 aliphatic carbocycles. The maximum absolute atomic E-state index is 13.0. The standard InChI is InChI=1S/C18H21N3O5/c1-23-8-6-16-19-17(26-20-16)13-3-2-7-21(13)18(22)12-4-5-14-15(11-12)25-10-9-24-14/h4-5,11,13H,2-3,6-10H2,1H3/t13-/m0/s1. The maximum atomic E-state index is 13.0. The van der Waals surface area contributed by atoms with E-state index in [0.717, 1.165) is 12.8 Å². The van der Waals surface area contributed by atoms with Crippen molar-refractivity contribution in [2.24, 2.45) is 0 Å². The summed E-state index contributed by atoms with van der Waals surface area (Å²) in [7, 11) is 1.63. The third-order valence-corrected chi connectivity index (χ3v) is 4.60. The van der Waals surface area contributed by atoms with Gasteiger partial charge in [-0.25, -0.2) is 0 Å². The van der Waals surface area contributed by atoms with Gasteiger partial charge in [0, 0.05) is 25.6 Å². The van der Waals surface area contributed by atoms with Gasteiger partial charge in [-0.3, -0.25) is 4.79 Å². The van der Waals surface area contributed by atoms with Gasteiger partial charge in [-0.05, 0) is 31.0 Å². The molecule has 0 bridgehead atoms. The topological polar surface area (TPSA) is 86.9 Å². The normalized spacial score (nSPS) is 19.0. The van der Waals surface area contributed by atoms with Gasteiger partial charge >= 0.3 is 0 Å². The zero-order chi connectivity index (χ0) is 17.9. The highest BCUT2D eigenvalue weighted by Crippen LogP contribution is 2.35. The van der Waals surface area contributed by atoms with E-state index in [1.807, 2.05) is 0 Å². The number of ether oxygens (including phenoxy) is 3. The fraction of sp³-hybridized carbons (Fsp3) is 0.500. The predicted molar refractivity (Wildman–Crippen MR) is 90.3 cm³/mol.